The SMILES string of the molecule is COC(=O)C(C)(C)CNc1ccc([N+](=O)[O-])c2cccnc12. The van der Waals surface area contributed by atoms with Gasteiger partial charge in [-0.25, -0.2) is 0 Å². The monoisotopic (exact) mass is 303 g/mol. The summed E-state index contributed by atoms with van der Waals surface area (Å²) in [7, 11) is 1.34. The molecule has 0 atom stereocenters. The smallest absolute Gasteiger partial charge is 0.313 e. The van der Waals surface area contributed by atoms with Crippen LogP contribution in [0.5, 0.6) is 0 Å². The number of nitrogens with one attached hydrogen (secondary N) is 1. The fourth-order valence-electron chi connectivity index (χ4n) is 2.12. The van der Waals surface area contributed by atoms with Gasteiger partial charge in [-0.2, -0.15) is 0 Å². The van der Waals surface area contributed by atoms with Gasteiger partial charge in [0, 0.05) is 18.8 Å². The molecule has 1 aromatic heterocycles. The molecular weight excluding hydrogens is 286 g/mol. The molecule has 2 aromatic rings. The molecule has 0 saturated carbocycles. The number of anilines is 1. The molecule has 0 spiro atoms. The molecule has 0 bridgehead atoms. The van der Waals surface area contributed by atoms with Gasteiger partial charge in [0.05, 0.1) is 28.5 Å². The van der Waals surface area contributed by atoms with Gasteiger partial charge in [0.15, 0.2) is 0 Å². The van der Waals surface area contributed by atoms with E-state index in [1.165, 1.54) is 13.2 Å². The first-order chi connectivity index (χ1) is 10.4. The molecule has 1 aromatic carbocycles. The van der Waals surface area contributed by atoms with Crippen LogP contribution in [0.3, 0.4) is 0 Å². The summed E-state index contributed by atoms with van der Waals surface area (Å²) < 4.78 is 4.76. The molecule has 116 valence electrons. The molecule has 0 fully saturated rings. The Bertz CT molecular complexity index is 728. The zero-order valence-electron chi connectivity index (χ0n) is 12.6. The zero-order valence-corrected chi connectivity index (χ0v) is 12.6. The molecule has 1 heterocycles. The average Bonchev–Trinajstić information content (AvgIpc) is 2.51. The van der Waals surface area contributed by atoms with E-state index in [0.717, 1.165) is 0 Å². The van der Waals surface area contributed by atoms with Crippen molar-refractivity contribution in [2.75, 3.05) is 19.0 Å². The number of methoxy groups -OCH3 is 1. The Morgan fingerprint density at radius 1 is 1.41 bits per heavy atom. The number of esters is 1. The van der Waals surface area contributed by atoms with E-state index < -0.39 is 10.3 Å². The fraction of sp³-hybridized carbons (Fsp3) is 0.333. The summed E-state index contributed by atoms with van der Waals surface area (Å²) in [5.41, 5.74) is 0.411. The van der Waals surface area contributed by atoms with Crippen molar-refractivity contribution in [3.8, 4) is 0 Å². The molecule has 7 nitrogen and oxygen atoms in total. The normalized spacial score (nSPS) is 11.2. The number of non-ortho nitro benzene ring substituents is 1. The summed E-state index contributed by atoms with van der Waals surface area (Å²) in [6.07, 6.45) is 1.57. The van der Waals surface area contributed by atoms with Gasteiger partial charge in [-0.05, 0) is 32.0 Å². The van der Waals surface area contributed by atoms with Gasteiger partial charge in [-0.1, -0.05) is 0 Å². The third kappa shape index (κ3) is 2.98. The lowest BCUT2D eigenvalue weighted by Gasteiger charge is -2.22. The molecule has 0 aliphatic carbocycles. The van der Waals surface area contributed by atoms with Gasteiger partial charge >= 0.3 is 5.97 Å². The van der Waals surface area contributed by atoms with E-state index in [-0.39, 0.29) is 11.7 Å². The molecule has 0 aliphatic rings. The minimum atomic E-state index is -0.725. The number of ether oxygens (including phenoxy) is 1. The second kappa shape index (κ2) is 5.97. The number of aromatic nitrogens is 1. The van der Waals surface area contributed by atoms with E-state index in [2.05, 4.69) is 10.3 Å². The highest BCUT2D eigenvalue weighted by Gasteiger charge is 2.28. The van der Waals surface area contributed by atoms with Crippen LogP contribution in [0.1, 0.15) is 13.8 Å². The summed E-state index contributed by atoms with van der Waals surface area (Å²) in [6.45, 7) is 3.84. The van der Waals surface area contributed by atoms with Crippen LogP contribution in [-0.4, -0.2) is 29.5 Å². The number of carbonyl (C=O) groups is 1. The van der Waals surface area contributed by atoms with Crippen molar-refractivity contribution in [2.24, 2.45) is 5.41 Å². The van der Waals surface area contributed by atoms with Gasteiger partial charge in [-0.3, -0.25) is 19.9 Å². The predicted molar refractivity (Wildman–Crippen MR) is 82.7 cm³/mol. The molecule has 0 saturated heterocycles. The summed E-state index contributed by atoms with van der Waals surface area (Å²) in [6, 6.07) is 6.33. The van der Waals surface area contributed by atoms with Gasteiger partial charge in [0.2, 0.25) is 0 Å². The van der Waals surface area contributed by atoms with Crippen molar-refractivity contribution in [1.82, 2.24) is 4.98 Å². The Labute approximate surface area is 127 Å². The standard InChI is InChI=1S/C15H17N3O4/c1-15(2,14(19)22-3)9-17-11-6-7-12(18(20)21)10-5-4-8-16-13(10)11/h4-8,17H,9H2,1-3H3. The van der Waals surface area contributed by atoms with Crippen LogP contribution in [0.15, 0.2) is 30.5 Å². The number of rotatable bonds is 5. The Morgan fingerprint density at radius 2 is 2.14 bits per heavy atom. The van der Waals surface area contributed by atoms with Crippen LogP contribution in [0.4, 0.5) is 11.4 Å². The number of fused-ring (bicyclic) bond motifs is 1. The molecule has 1 N–H and O–H groups in total. The van der Waals surface area contributed by atoms with E-state index >= 15 is 0 Å². The van der Waals surface area contributed by atoms with Crippen LogP contribution in [-0.2, 0) is 9.53 Å². The van der Waals surface area contributed by atoms with Gasteiger partial charge in [0.1, 0.15) is 5.52 Å². The van der Waals surface area contributed by atoms with E-state index in [4.69, 9.17) is 4.74 Å². The minimum absolute atomic E-state index is 0.000813. The second-order valence-electron chi connectivity index (χ2n) is 5.52. The minimum Gasteiger partial charge on any atom is -0.469 e. The maximum absolute atomic E-state index is 11.7. The second-order valence-corrected chi connectivity index (χ2v) is 5.52. The number of hydrogen-bond acceptors (Lipinski definition) is 6. The highest BCUT2D eigenvalue weighted by atomic mass is 16.6. The topological polar surface area (TPSA) is 94.4 Å². The van der Waals surface area contributed by atoms with Crippen molar-refractivity contribution in [1.29, 1.82) is 0 Å². The van der Waals surface area contributed by atoms with Gasteiger partial charge < -0.3 is 10.1 Å². The summed E-state index contributed by atoms with van der Waals surface area (Å²) in [5, 5.41) is 14.6. The average molecular weight is 303 g/mol. The Balaban J connectivity index is 2.36. The molecule has 22 heavy (non-hydrogen) atoms. The van der Waals surface area contributed by atoms with Crippen molar-refractivity contribution >= 4 is 28.2 Å². The van der Waals surface area contributed by atoms with Crippen molar-refractivity contribution < 1.29 is 14.5 Å². The molecule has 0 unspecified atom stereocenters. The molecule has 0 aliphatic heterocycles. The number of carbonyl (C=O) groups excluding carboxylic acids is 1. The van der Waals surface area contributed by atoms with Crippen LogP contribution < -0.4 is 5.32 Å². The van der Waals surface area contributed by atoms with Crippen molar-refractivity contribution in [2.45, 2.75) is 13.8 Å². The lowest BCUT2D eigenvalue weighted by molar-refractivity contribution is -0.383. The Kier molecular flexibility index (Phi) is 4.25. The molecule has 0 amide bonds. The van der Waals surface area contributed by atoms with Gasteiger partial charge in [0.25, 0.3) is 5.69 Å². The summed E-state index contributed by atoms with van der Waals surface area (Å²) in [4.78, 5) is 26.5. The number of nitro groups is 1. The maximum Gasteiger partial charge on any atom is 0.313 e. The number of pyridine rings is 1. The molecule has 0 radical (unpaired) electrons. The van der Waals surface area contributed by atoms with Crippen LogP contribution in [0.2, 0.25) is 0 Å². The maximum atomic E-state index is 11.7. The number of benzene rings is 1. The van der Waals surface area contributed by atoms with Crippen LogP contribution in [0.25, 0.3) is 10.9 Å². The summed E-state index contributed by atoms with van der Waals surface area (Å²) in [5.74, 6) is -0.334. The van der Waals surface area contributed by atoms with E-state index in [0.29, 0.717) is 23.1 Å². The van der Waals surface area contributed by atoms with Crippen LogP contribution in [0, 0.1) is 15.5 Å². The highest BCUT2D eigenvalue weighted by Crippen LogP contribution is 2.30. The number of nitro benzene ring substituents is 1. The predicted octanol–water partition coefficient (Wildman–Crippen LogP) is 2.75. The van der Waals surface area contributed by atoms with Crippen molar-refractivity contribution in [3.05, 3.63) is 40.6 Å². The quantitative estimate of drug-likeness (QED) is 0.518. The first kappa shape index (κ1) is 15.7. The first-order valence-electron chi connectivity index (χ1n) is 6.71. The third-order valence-corrected chi connectivity index (χ3v) is 3.40. The third-order valence-electron chi connectivity index (χ3n) is 3.40. The molecule has 2 rings (SSSR count). The van der Waals surface area contributed by atoms with E-state index in [9.17, 15) is 14.9 Å². The Hall–Kier alpha value is -2.70. The largest absolute Gasteiger partial charge is 0.469 e. The molecular formula is C15H17N3O4. The van der Waals surface area contributed by atoms with Gasteiger partial charge in [-0.15, -0.1) is 0 Å². The van der Waals surface area contributed by atoms with Crippen LogP contribution >= 0.6 is 0 Å². The van der Waals surface area contributed by atoms with E-state index in [1.807, 2.05) is 0 Å². The van der Waals surface area contributed by atoms with Crippen molar-refractivity contribution in [3.63, 3.8) is 0 Å². The lowest BCUT2D eigenvalue weighted by atomic mass is 9.93. The fourth-order valence-corrected chi connectivity index (χ4v) is 2.12. The number of nitrogens with zero attached hydrogens (tertiary/aromatic N) is 2. The lowest BCUT2D eigenvalue weighted by Crippen LogP contribution is -2.33. The zero-order chi connectivity index (χ0) is 16.3. The van der Waals surface area contributed by atoms with E-state index in [1.54, 1.807) is 38.2 Å². The number of hydrogen-bond donors (Lipinski definition) is 1. The molecule has 7 heteroatoms. The summed E-state index contributed by atoms with van der Waals surface area (Å²) >= 11 is 0. The Morgan fingerprint density at radius 3 is 2.77 bits per heavy atom. The highest BCUT2D eigenvalue weighted by molar-refractivity contribution is 5.96. The first-order valence-corrected chi connectivity index (χ1v) is 6.71.